The Bertz CT molecular complexity index is 856. The third-order valence-corrected chi connectivity index (χ3v) is 3.35. The molecule has 22 heavy (non-hydrogen) atoms. The topological polar surface area (TPSA) is 92.9 Å². The fourth-order valence-corrected chi connectivity index (χ4v) is 2.36. The van der Waals surface area contributed by atoms with E-state index in [0.29, 0.717) is 16.9 Å². The summed E-state index contributed by atoms with van der Waals surface area (Å²) in [7, 11) is 0. The molecule has 0 spiro atoms. The molecule has 7 heteroatoms. The van der Waals surface area contributed by atoms with Crippen LogP contribution in [0, 0.1) is 13.8 Å². The maximum Gasteiger partial charge on any atom is 0.322 e. The molecule has 2 heterocycles. The van der Waals surface area contributed by atoms with Crippen LogP contribution >= 0.6 is 0 Å². The summed E-state index contributed by atoms with van der Waals surface area (Å²) in [6.07, 6.45) is 3.03. The number of nitrogens with one attached hydrogen (secondary N) is 1. The number of carbonyl (C=O) groups is 1. The standard InChI is InChI=1S/C15H15N5O2/c1-9-3-4-12(10(2)5-9)20-15-11(6-19-20)14(17-8-18-15)16-7-13(21)22/h3-6,8H,7H2,1-2H3,(H,21,22)(H,16,17,18). The van der Waals surface area contributed by atoms with Crippen molar-refractivity contribution in [2.24, 2.45) is 0 Å². The number of rotatable bonds is 4. The highest BCUT2D eigenvalue weighted by Crippen LogP contribution is 2.23. The Balaban J connectivity index is 2.09. The molecule has 0 radical (unpaired) electrons. The van der Waals surface area contributed by atoms with Gasteiger partial charge in [-0.1, -0.05) is 17.7 Å². The van der Waals surface area contributed by atoms with Gasteiger partial charge in [-0.25, -0.2) is 14.6 Å². The number of nitrogens with zero attached hydrogens (tertiary/aromatic N) is 4. The van der Waals surface area contributed by atoms with Crippen molar-refractivity contribution in [2.75, 3.05) is 11.9 Å². The summed E-state index contributed by atoms with van der Waals surface area (Å²) < 4.78 is 1.73. The van der Waals surface area contributed by atoms with Gasteiger partial charge in [0.05, 0.1) is 17.3 Å². The lowest BCUT2D eigenvalue weighted by atomic mass is 10.1. The van der Waals surface area contributed by atoms with Gasteiger partial charge in [-0.3, -0.25) is 4.79 Å². The number of fused-ring (bicyclic) bond motifs is 1. The van der Waals surface area contributed by atoms with Crippen LogP contribution in [0.3, 0.4) is 0 Å². The molecular weight excluding hydrogens is 282 g/mol. The molecule has 0 amide bonds. The van der Waals surface area contributed by atoms with Crippen LogP contribution in [0.5, 0.6) is 0 Å². The van der Waals surface area contributed by atoms with Crippen molar-refractivity contribution >= 4 is 22.8 Å². The third-order valence-electron chi connectivity index (χ3n) is 3.35. The number of carboxylic acids is 1. The van der Waals surface area contributed by atoms with Crippen LogP contribution in [-0.4, -0.2) is 37.4 Å². The number of aromatic nitrogens is 4. The van der Waals surface area contributed by atoms with Crippen molar-refractivity contribution in [2.45, 2.75) is 13.8 Å². The molecule has 0 aliphatic carbocycles. The average Bonchev–Trinajstić information content (AvgIpc) is 2.89. The maximum absolute atomic E-state index is 10.7. The Kier molecular flexibility index (Phi) is 3.46. The highest BCUT2D eigenvalue weighted by Gasteiger charge is 2.12. The van der Waals surface area contributed by atoms with E-state index in [1.54, 1.807) is 10.9 Å². The predicted molar refractivity (Wildman–Crippen MR) is 82.3 cm³/mol. The Morgan fingerprint density at radius 1 is 1.32 bits per heavy atom. The molecule has 0 fully saturated rings. The monoisotopic (exact) mass is 297 g/mol. The van der Waals surface area contributed by atoms with Crippen LogP contribution in [0.15, 0.2) is 30.7 Å². The molecule has 2 N–H and O–H groups in total. The summed E-state index contributed by atoms with van der Waals surface area (Å²) in [6, 6.07) is 6.08. The van der Waals surface area contributed by atoms with E-state index >= 15 is 0 Å². The molecule has 3 aromatic rings. The lowest BCUT2D eigenvalue weighted by molar-refractivity contribution is -0.134. The lowest BCUT2D eigenvalue weighted by Gasteiger charge is -2.08. The lowest BCUT2D eigenvalue weighted by Crippen LogP contribution is -2.13. The van der Waals surface area contributed by atoms with Gasteiger partial charge in [0.15, 0.2) is 5.65 Å². The quantitative estimate of drug-likeness (QED) is 0.764. The second-order valence-electron chi connectivity index (χ2n) is 5.05. The largest absolute Gasteiger partial charge is 0.480 e. The molecule has 1 aromatic carbocycles. The number of benzene rings is 1. The SMILES string of the molecule is Cc1ccc(-n2ncc3c(NCC(=O)O)ncnc32)c(C)c1. The van der Waals surface area contributed by atoms with Crippen molar-refractivity contribution < 1.29 is 9.90 Å². The van der Waals surface area contributed by atoms with E-state index in [-0.39, 0.29) is 6.54 Å². The van der Waals surface area contributed by atoms with Crippen LogP contribution in [0.25, 0.3) is 16.7 Å². The molecule has 3 rings (SSSR count). The van der Waals surface area contributed by atoms with E-state index in [2.05, 4.69) is 26.4 Å². The van der Waals surface area contributed by atoms with Crippen molar-refractivity contribution in [3.8, 4) is 5.69 Å². The van der Waals surface area contributed by atoms with Crippen LogP contribution in [0.2, 0.25) is 0 Å². The highest BCUT2D eigenvalue weighted by atomic mass is 16.4. The third kappa shape index (κ3) is 2.48. The average molecular weight is 297 g/mol. The second kappa shape index (κ2) is 5.44. The fraction of sp³-hybridized carbons (Fsp3) is 0.200. The van der Waals surface area contributed by atoms with Crippen LogP contribution in [-0.2, 0) is 4.79 Å². The van der Waals surface area contributed by atoms with Gasteiger partial charge >= 0.3 is 5.97 Å². The summed E-state index contributed by atoms with van der Waals surface area (Å²) >= 11 is 0. The number of hydrogen-bond acceptors (Lipinski definition) is 5. The molecule has 2 aromatic heterocycles. The molecule has 112 valence electrons. The van der Waals surface area contributed by atoms with E-state index < -0.39 is 5.97 Å². The van der Waals surface area contributed by atoms with E-state index in [9.17, 15) is 4.79 Å². The minimum absolute atomic E-state index is 0.207. The first kappa shape index (κ1) is 14.0. The summed E-state index contributed by atoms with van der Waals surface area (Å²) in [6.45, 7) is 3.84. The van der Waals surface area contributed by atoms with E-state index in [4.69, 9.17) is 5.11 Å². The van der Waals surface area contributed by atoms with E-state index in [1.807, 2.05) is 26.0 Å². The zero-order valence-electron chi connectivity index (χ0n) is 12.2. The number of aryl methyl sites for hydroxylation is 2. The normalized spacial score (nSPS) is 10.8. The molecule has 0 unspecified atom stereocenters. The minimum Gasteiger partial charge on any atom is -0.480 e. The first-order chi connectivity index (χ1) is 10.6. The van der Waals surface area contributed by atoms with Gasteiger partial charge in [-0.05, 0) is 25.5 Å². The van der Waals surface area contributed by atoms with Crippen LogP contribution < -0.4 is 5.32 Å². The van der Waals surface area contributed by atoms with Gasteiger partial charge in [-0.15, -0.1) is 0 Å². The van der Waals surface area contributed by atoms with Crippen molar-refractivity contribution in [3.05, 3.63) is 41.9 Å². The van der Waals surface area contributed by atoms with Crippen molar-refractivity contribution in [1.29, 1.82) is 0 Å². The molecule has 0 saturated carbocycles. The maximum atomic E-state index is 10.7. The van der Waals surface area contributed by atoms with Crippen LogP contribution in [0.4, 0.5) is 5.82 Å². The zero-order chi connectivity index (χ0) is 15.7. The molecular formula is C15H15N5O2. The first-order valence-corrected chi connectivity index (χ1v) is 6.78. The zero-order valence-corrected chi connectivity index (χ0v) is 12.2. The predicted octanol–water partition coefficient (Wildman–Crippen LogP) is 1.93. The highest BCUT2D eigenvalue weighted by molar-refractivity contribution is 5.88. The number of hydrogen-bond donors (Lipinski definition) is 2. The van der Waals surface area contributed by atoms with Crippen molar-refractivity contribution in [1.82, 2.24) is 19.7 Å². The van der Waals surface area contributed by atoms with Gasteiger partial charge < -0.3 is 10.4 Å². The number of anilines is 1. The van der Waals surface area contributed by atoms with Gasteiger partial charge in [0, 0.05) is 0 Å². The summed E-state index contributed by atoms with van der Waals surface area (Å²) in [4.78, 5) is 19.0. The molecule has 0 aliphatic rings. The summed E-state index contributed by atoms with van der Waals surface area (Å²) in [5.41, 5.74) is 3.83. The molecule has 0 aliphatic heterocycles. The van der Waals surface area contributed by atoms with Gasteiger partial charge in [-0.2, -0.15) is 5.10 Å². The Hall–Kier alpha value is -2.96. The van der Waals surface area contributed by atoms with Crippen molar-refractivity contribution in [3.63, 3.8) is 0 Å². The molecule has 7 nitrogen and oxygen atoms in total. The molecule has 0 saturated heterocycles. The van der Waals surface area contributed by atoms with Crippen LogP contribution in [0.1, 0.15) is 11.1 Å². The van der Waals surface area contributed by atoms with Gasteiger partial charge in [0.1, 0.15) is 18.7 Å². The molecule has 0 atom stereocenters. The van der Waals surface area contributed by atoms with Gasteiger partial charge in [0.25, 0.3) is 0 Å². The number of aliphatic carboxylic acids is 1. The first-order valence-electron chi connectivity index (χ1n) is 6.78. The molecule has 0 bridgehead atoms. The second-order valence-corrected chi connectivity index (χ2v) is 5.05. The minimum atomic E-state index is -0.950. The Labute approximate surface area is 126 Å². The van der Waals surface area contributed by atoms with E-state index in [0.717, 1.165) is 11.3 Å². The summed E-state index contributed by atoms with van der Waals surface area (Å²) in [5, 5.41) is 16.6. The number of carboxylic acid groups (broad SMARTS) is 1. The fourth-order valence-electron chi connectivity index (χ4n) is 2.36. The Morgan fingerprint density at radius 2 is 2.14 bits per heavy atom. The van der Waals surface area contributed by atoms with E-state index in [1.165, 1.54) is 11.9 Å². The smallest absolute Gasteiger partial charge is 0.322 e. The summed E-state index contributed by atoms with van der Waals surface area (Å²) in [5.74, 6) is -0.489. The Morgan fingerprint density at radius 3 is 2.86 bits per heavy atom. The van der Waals surface area contributed by atoms with Gasteiger partial charge in [0.2, 0.25) is 0 Å².